The molecule has 1 aromatic carbocycles. The third-order valence-corrected chi connectivity index (χ3v) is 2.07. The lowest BCUT2D eigenvalue weighted by molar-refractivity contribution is -0.137. The summed E-state index contributed by atoms with van der Waals surface area (Å²) in [6.07, 6.45) is -4.39. The van der Waals surface area contributed by atoms with E-state index in [1.165, 1.54) is 0 Å². The van der Waals surface area contributed by atoms with Gasteiger partial charge in [-0.25, -0.2) is 4.98 Å². The summed E-state index contributed by atoms with van der Waals surface area (Å²) < 4.78 is 37.2. The van der Waals surface area contributed by atoms with Crippen LogP contribution in [0.25, 0.3) is 11.0 Å². The first-order valence-corrected chi connectivity index (χ1v) is 4.21. The summed E-state index contributed by atoms with van der Waals surface area (Å²) in [5.41, 5.74) is 5.45. The number of nitrogen functional groups attached to an aromatic ring is 1. The maximum atomic E-state index is 12.4. The Kier molecular flexibility index (Phi) is 1.89. The Balaban J connectivity index is 2.72. The second-order valence-corrected chi connectivity index (χ2v) is 3.28. The minimum absolute atomic E-state index is 0.0559. The van der Waals surface area contributed by atoms with Gasteiger partial charge in [0.25, 0.3) is 0 Å². The molecule has 0 atom stereocenters. The normalized spacial score (nSPS) is 12.3. The molecule has 0 saturated heterocycles. The van der Waals surface area contributed by atoms with Gasteiger partial charge in [0.15, 0.2) is 0 Å². The van der Waals surface area contributed by atoms with Gasteiger partial charge >= 0.3 is 6.18 Å². The molecule has 0 saturated carbocycles. The van der Waals surface area contributed by atoms with E-state index < -0.39 is 11.7 Å². The summed E-state index contributed by atoms with van der Waals surface area (Å²) in [6, 6.07) is 1.88. The number of imidazole rings is 1. The summed E-state index contributed by atoms with van der Waals surface area (Å²) in [5, 5.41) is 0. The fourth-order valence-electron chi connectivity index (χ4n) is 1.43. The molecule has 3 N–H and O–H groups in total. The van der Waals surface area contributed by atoms with Crippen LogP contribution in [0.2, 0.25) is 0 Å². The third-order valence-electron chi connectivity index (χ3n) is 2.07. The quantitative estimate of drug-likeness (QED) is 0.663. The number of hydrogen-bond donors (Lipinski definition) is 2. The van der Waals surface area contributed by atoms with Gasteiger partial charge in [0.1, 0.15) is 5.82 Å². The highest BCUT2D eigenvalue weighted by Crippen LogP contribution is 2.33. The number of H-pyrrole nitrogens is 1. The summed E-state index contributed by atoms with van der Waals surface area (Å²) in [4.78, 5) is 6.71. The third kappa shape index (κ3) is 1.62. The van der Waals surface area contributed by atoms with E-state index >= 15 is 0 Å². The zero-order chi connectivity index (χ0) is 11.2. The smallest absolute Gasteiger partial charge is 0.397 e. The van der Waals surface area contributed by atoms with Crippen molar-refractivity contribution in [2.45, 2.75) is 13.1 Å². The average molecular weight is 215 g/mol. The van der Waals surface area contributed by atoms with E-state index in [2.05, 4.69) is 9.97 Å². The van der Waals surface area contributed by atoms with Crippen LogP contribution in [-0.4, -0.2) is 9.97 Å². The van der Waals surface area contributed by atoms with Crippen molar-refractivity contribution in [2.24, 2.45) is 0 Å². The maximum Gasteiger partial charge on any atom is 0.416 e. The van der Waals surface area contributed by atoms with Crippen molar-refractivity contribution in [1.82, 2.24) is 9.97 Å². The zero-order valence-corrected chi connectivity index (χ0v) is 7.81. The lowest BCUT2D eigenvalue weighted by Crippen LogP contribution is -2.05. The van der Waals surface area contributed by atoms with Gasteiger partial charge in [0, 0.05) is 0 Å². The minimum atomic E-state index is -4.39. The molecule has 15 heavy (non-hydrogen) atoms. The number of fused-ring (bicyclic) bond motifs is 1. The first-order valence-electron chi connectivity index (χ1n) is 4.21. The van der Waals surface area contributed by atoms with Crippen molar-refractivity contribution in [1.29, 1.82) is 0 Å². The molecule has 1 aromatic heterocycles. The van der Waals surface area contributed by atoms with Crippen molar-refractivity contribution < 1.29 is 13.2 Å². The number of anilines is 1. The lowest BCUT2D eigenvalue weighted by Gasteiger charge is -2.07. The van der Waals surface area contributed by atoms with Crippen molar-refractivity contribution in [2.75, 3.05) is 5.73 Å². The lowest BCUT2D eigenvalue weighted by atomic mass is 10.1. The van der Waals surface area contributed by atoms with Crippen LogP contribution >= 0.6 is 0 Å². The molecule has 0 aliphatic heterocycles. The molecule has 3 nitrogen and oxygen atoms in total. The van der Waals surface area contributed by atoms with Gasteiger partial charge in [-0.2, -0.15) is 13.2 Å². The fraction of sp³-hybridized carbons (Fsp3) is 0.222. The Morgan fingerprint density at radius 3 is 2.60 bits per heavy atom. The predicted octanol–water partition coefficient (Wildman–Crippen LogP) is 2.47. The van der Waals surface area contributed by atoms with Gasteiger partial charge in [-0.1, -0.05) is 0 Å². The number of aromatic amines is 1. The molecule has 6 heteroatoms. The molecule has 1 heterocycles. The molecule has 0 fully saturated rings. The monoisotopic (exact) mass is 215 g/mol. The van der Waals surface area contributed by atoms with Gasteiger partial charge in [-0.05, 0) is 19.1 Å². The Morgan fingerprint density at radius 1 is 1.33 bits per heavy atom. The summed E-state index contributed by atoms with van der Waals surface area (Å²) in [5.74, 6) is 0.538. The van der Waals surface area contributed by atoms with Crippen LogP contribution in [-0.2, 0) is 6.18 Å². The van der Waals surface area contributed by atoms with Gasteiger partial charge in [0.2, 0.25) is 0 Å². The van der Waals surface area contributed by atoms with Crippen LogP contribution in [0.15, 0.2) is 12.1 Å². The molecular weight excluding hydrogens is 207 g/mol. The van der Waals surface area contributed by atoms with E-state index in [1.54, 1.807) is 6.92 Å². The summed E-state index contributed by atoms with van der Waals surface area (Å²) >= 11 is 0. The zero-order valence-electron chi connectivity index (χ0n) is 7.81. The molecule has 0 spiro atoms. The van der Waals surface area contributed by atoms with E-state index in [1.807, 2.05) is 0 Å². The molecule has 0 amide bonds. The highest BCUT2D eigenvalue weighted by molar-refractivity contribution is 5.88. The number of aryl methyl sites for hydroxylation is 1. The standard InChI is InChI=1S/C9H8F3N3/c1-4-14-7-3-5(9(10,11)12)2-6(13)8(7)15-4/h2-3H,13H2,1H3,(H,14,15). The molecule has 0 unspecified atom stereocenters. The van der Waals surface area contributed by atoms with Crippen LogP contribution in [0.4, 0.5) is 18.9 Å². The van der Waals surface area contributed by atoms with Crippen LogP contribution in [0, 0.1) is 6.92 Å². The van der Waals surface area contributed by atoms with Crippen LogP contribution in [0.3, 0.4) is 0 Å². The van der Waals surface area contributed by atoms with E-state index in [9.17, 15) is 13.2 Å². The van der Waals surface area contributed by atoms with Crippen LogP contribution in [0.1, 0.15) is 11.4 Å². The fourth-order valence-corrected chi connectivity index (χ4v) is 1.43. The highest BCUT2D eigenvalue weighted by atomic mass is 19.4. The van der Waals surface area contributed by atoms with Gasteiger partial charge < -0.3 is 10.7 Å². The van der Waals surface area contributed by atoms with E-state index in [0.29, 0.717) is 11.3 Å². The topological polar surface area (TPSA) is 54.7 Å². The second kappa shape index (κ2) is 2.88. The molecule has 80 valence electrons. The number of halogens is 3. The molecule has 0 bridgehead atoms. The number of aromatic nitrogens is 2. The number of alkyl halides is 3. The first kappa shape index (κ1) is 9.82. The molecule has 2 rings (SSSR count). The first-order chi connectivity index (χ1) is 6.88. The van der Waals surface area contributed by atoms with Gasteiger partial charge in [-0.15, -0.1) is 0 Å². The Labute approximate surface area is 83.1 Å². The number of rotatable bonds is 0. The molecule has 0 aliphatic rings. The largest absolute Gasteiger partial charge is 0.416 e. The van der Waals surface area contributed by atoms with Crippen molar-refractivity contribution in [3.05, 3.63) is 23.5 Å². The number of nitrogens with two attached hydrogens (primary N) is 1. The van der Waals surface area contributed by atoms with Crippen LogP contribution < -0.4 is 5.73 Å². The van der Waals surface area contributed by atoms with E-state index in [4.69, 9.17) is 5.73 Å². The molecule has 0 radical (unpaired) electrons. The minimum Gasteiger partial charge on any atom is -0.397 e. The van der Waals surface area contributed by atoms with Crippen molar-refractivity contribution >= 4 is 16.7 Å². The second-order valence-electron chi connectivity index (χ2n) is 3.28. The Bertz CT molecular complexity index is 513. The number of hydrogen-bond acceptors (Lipinski definition) is 2. The SMILES string of the molecule is Cc1nc2cc(C(F)(F)F)cc(N)c2[nH]1. The van der Waals surface area contributed by atoms with Crippen LogP contribution in [0.5, 0.6) is 0 Å². The van der Waals surface area contributed by atoms with Crippen molar-refractivity contribution in [3.8, 4) is 0 Å². The average Bonchev–Trinajstić information content (AvgIpc) is 2.44. The van der Waals surface area contributed by atoms with Gasteiger partial charge in [-0.3, -0.25) is 0 Å². The summed E-state index contributed by atoms with van der Waals surface area (Å²) in [7, 11) is 0. The summed E-state index contributed by atoms with van der Waals surface area (Å²) in [6.45, 7) is 1.66. The Hall–Kier alpha value is -1.72. The number of benzene rings is 1. The van der Waals surface area contributed by atoms with Crippen molar-refractivity contribution in [3.63, 3.8) is 0 Å². The molecule has 0 aliphatic carbocycles. The Morgan fingerprint density at radius 2 is 2.00 bits per heavy atom. The predicted molar refractivity (Wildman–Crippen MR) is 50.2 cm³/mol. The van der Waals surface area contributed by atoms with E-state index in [0.717, 1.165) is 12.1 Å². The maximum absolute atomic E-state index is 12.4. The molecule has 2 aromatic rings. The highest BCUT2D eigenvalue weighted by Gasteiger charge is 2.31. The number of nitrogens with one attached hydrogen (secondary N) is 1. The molecular formula is C9H8F3N3. The van der Waals surface area contributed by atoms with E-state index in [-0.39, 0.29) is 11.2 Å². The van der Waals surface area contributed by atoms with Gasteiger partial charge in [0.05, 0.1) is 22.3 Å². The number of nitrogens with zero attached hydrogens (tertiary/aromatic N) is 1.